The fourth-order valence-corrected chi connectivity index (χ4v) is 7.99. The second-order valence-electron chi connectivity index (χ2n) is 12.7. The van der Waals surface area contributed by atoms with Crippen LogP contribution in [0.3, 0.4) is 0 Å². The van der Waals surface area contributed by atoms with Crippen LogP contribution in [0.1, 0.15) is 60.3 Å². The van der Waals surface area contributed by atoms with Crippen molar-refractivity contribution in [2.24, 2.45) is 10.8 Å². The Morgan fingerprint density at radius 1 is 1.07 bits per heavy atom. The Morgan fingerprint density at radius 3 is 2.60 bits per heavy atom. The highest BCUT2D eigenvalue weighted by molar-refractivity contribution is 5.83. The van der Waals surface area contributed by atoms with Gasteiger partial charge in [-0.05, 0) is 39.2 Å². The molecular weight excluding hydrogens is 544 g/mol. The average Bonchev–Trinajstić information content (AvgIpc) is 3.61. The smallest absolute Gasteiger partial charge is 0.331 e. The van der Waals surface area contributed by atoms with E-state index in [-0.39, 0.29) is 37.0 Å². The van der Waals surface area contributed by atoms with Gasteiger partial charge in [0.25, 0.3) is 0 Å². The molecule has 4 bridgehead atoms. The van der Waals surface area contributed by atoms with Gasteiger partial charge in [0.2, 0.25) is 0 Å². The molecule has 1 saturated carbocycles. The summed E-state index contributed by atoms with van der Waals surface area (Å²) in [5.41, 5.74) is -0.395. The molecule has 0 aromatic carbocycles. The number of hydrogen-bond acceptors (Lipinski definition) is 10. The van der Waals surface area contributed by atoms with E-state index >= 15 is 0 Å². The lowest BCUT2D eigenvalue weighted by atomic mass is 9.49. The first-order valence-corrected chi connectivity index (χ1v) is 14.8. The standard InChI is InChI=1S/C32H40O10/c1-18-12-28(35)36-11-10-31-16-23(39-21(4)33)19(2)14-25(31)41-26-15-24(30(31,5)32(26)17-37-32)42-27(34)9-7-6-8-22-20(3)38-29(13-18)40-22/h6-9,12,14,20,22-26,29H,10-11,13,15-17H2,1-5H3/b8-6+,9-7-,18-12+/t20-,22-,23-,24+,25+,26+,29+,30+,31-,32-/m0/s1. The minimum Gasteiger partial charge on any atom is -0.463 e. The largest absolute Gasteiger partial charge is 0.463 e. The number of carbonyl (C=O) groups excluding carboxylic acids is 3. The Labute approximate surface area is 246 Å². The maximum Gasteiger partial charge on any atom is 0.331 e. The molecule has 3 saturated heterocycles. The van der Waals surface area contributed by atoms with Crippen molar-refractivity contribution in [1.29, 1.82) is 0 Å². The lowest BCUT2D eigenvalue weighted by Gasteiger charge is -2.59. The predicted molar refractivity (Wildman–Crippen MR) is 148 cm³/mol. The number of rotatable bonds is 1. The second-order valence-corrected chi connectivity index (χ2v) is 12.7. The summed E-state index contributed by atoms with van der Waals surface area (Å²) in [4.78, 5) is 38.1. The van der Waals surface area contributed by atoms with Gasteiger partial charge in [0.05, 0.1) is 31.5 Å². The molecular formula is C32H40O10. The SMILES string of the molecule is CC(=O)O[C@H]1C[C@@]23CCOC(=O)/C=C(\C)C[C@@H]4O[C@@H](C)[C@H](/C=C/C=C\C(=O)O[C@@H]5C[C@@H](O[C@@H]2C=C1C)[C@@]1(CO1)[C@]53C)O4. The zero-order chi connectivity index (χ0) is 29.9. The number of epoxide rings is 1. The van der Waals surface area contributed by atoms with Crippen LogP contribution in [0.4, 0.5) is 0 Å². The molecule has 0 N–H and O–H groups in total. The normalized spacial score (nSPS) is 47.8. The highest BCUT2D eigenvalue weighted by Crippen LogP contribution is 2.73. The minimum atomic E-state index is -0.719. The quantitative estimate of drug-likeness (QED) is 0.196. The van der Waals surface area contributed by atoms with Crippen molar-refractivity contribution in [2.75, 3.05) is 13.2 Å². The van der Waals surface area contributed by atoms with Crippen molar-refractivity contribution in [2.45, 2.75) is 109 Å². The third-order valence-electron chi connectivity index (χ3n) is 10.3. The highest BCUT2D eigenvalue weighted by atomic mass is 16.7. The molecule has 2 spiro atoms. The van der Waals surface area contributed by atoms with Gasteiger partial charge < -0.3 is 33.2 Å². The van der Waals surface area contributed by atoms with Crippen LogP contribution in [-0.2, 0) is 47.5 Å². The van der Waals surface area contributed by atoms with Crippen LogP contribution in [0.25, 0.3) is 0 Å². The van der Waals surface area contributed by atoms with Crippen molar-refractivity contribution in [3.8, 4) is 0 Å². The Kier molecular flexibility index (Phi) is 7.48. The second kappa shape index (κ2) is 10.7. The molecule has 0 unspecified atom stereocenters. The number of carbonyl (C=O) groups is 3. The van der Waals surface area contributed by atoms with Crippen LogP contribution in [-0.4, -0.2) is 79.6 Å². The van der Waals surface area contributed by atoms with Gasteiger partial charge in [0.15, 0.2) is 6.29 Å². The van der Waals surface area contributed by atoms with Crippen LogP contribution < -0.4 is 0 Å². The molecule has 4 heterocycles. The first-order valence-electron chi connectivity index (χ1n) is 14.8. The number of ether oxygens (including phenoxy) is 7. The van der Waals surface area contributed by atoms with E-state index < -0.39 is 46.9 Å². The monoisotopic (exact) mass is 584 g/mol. The van der Waals surface area contributed by atoms with E-state index in [9.17, 15) is 14.4 Å². The number of fused-ring (bicyclic) bond motifs is 2. The lowest BCUT2D eigenvalue weighted by molar-refractivity contribution is -0.230. The Hall–Kier alpha value is -2.79. The van der Waals surface area contributed by atoms with E-state index in [1.54, 1.807) is 12.2 Å². The number of cyclic esters (lactones) is 1. The lowest BCUT2D eigenvalue weighted by Crippen LogP contribution is -2.66. The molecule has 0 amide bonds. The zero-order valence-corrected chi connectivity index (χ0v) is 24.8. The van der Waals surface area contributed by atoms with Crippen LogP contribution >= 0.6 is 0 Å². The molecule has 2 aliphatic carbocycles. The fourth-order valence-electron chi connectivity index (χ4n) is 7.99. The Morgan fingerprint density at radius 2 is 1.86 bits per heavy atom. The van der Waals surface area contributed by atoms with E-state index in [0.29, 0.717) is 32.3 Å². The minimum absolute atomic E-state index is 0.0957. The molecule has 4 aliphatic heterocycles. The molecule has 4 fully saturated rings. The van der Waals surface area contributed by atoms with Crippen molar-refractivity contribution in [1.82, 2.24) is 0 Å². The summed E-state index contributed by atoms with van der Waals surface area (Å²) in [6.07, 6.45) is 9.20. The van der Waals surface area contributed by atoms with E-state index in [0.717, 1.165) is 11.1 Å². The van der Waals surface area contributed by atoms with Crippen molar-refractivity contribution >= 4 is 17.9 Å². The number of esters is 3. The average molecular weight is 585 g/mol. The molecule has 228 valence electrons. The van der Waals surface area contributed by atoms with Gasteiger partial charge in [-0.2, -0.15) is 0 Å². The van der Waals surface area contributed by atoms with Crippen molar-refractivity contribution < 1.29 is 47.5 Å². The van der Waals surface area contributed by atoms with E-state index in [4.69, 9.17) is 33.2 Å². The van der Waals surface area contributed by atoms with Crippen LogP contribution in [0, 0.1) is 10.8 Å². The molecule has 0 aromatic heterocycles. The summed E-state index contributed by atoms with van der Waals surface area (Å²) in [6.45, 7) is 9.75. The van der Waals surface area contributed by atoms with Gasteiger partial charge in [-0.25, -0.2) is 9.59 Å². The van der Waals surface area contributed by atoms with Gasteiger partial charge in [-0.1, -0.05) is 36.8 Å². The number of hydrogen-bond donors (Lipinski definition) is 0. The van der Waals surface area contributed by atoms with E-state index in [2.05, 4.69) is 6.92 Å². The third kappa shape index (κ3) is 4.76. The fraction of sp³-hybridized carbons (Fsp3) is 0.656. The van der Waals surface area contributed by atoms with Crippen molar-refractivity contribution in [3.63, 3.8) is 0 Å². The molecule has 42 heavy (non-hydrogen) atoms. The van der Waals surface area contributed by atoms with Gasteiger partial charge in [-0.3, -0.25) is 4.79 Å². The first-order chi connectivity index (χ1) is 20.0. The molecule has 0 aromatic rings. The molecule has 10 atom stereocenters. The Bertz CT molecular complexity index is 1260. The van der Waals surface area contributed by atoms with E-state index in [1.807, 2.05) is 32.9 Å². The summed E-state index contributed by atoms with van der Waals surface area (Å²) < 4.78 is 42.5. The van der Waals surface area contributed by atoms with Gasteiger partial charge in [0.1, 0.15) is 23.9 Å². The van der Waals surface area contributed by atoms with Gasteiger partial charge >= 0.3 is 17.9 Å². The van der Waals surface area contributed by atoms with E-state index in [1.165, 1.54) is 19.1 Å². The first kappa shape index (κ1) is 29.3. The third-order valence-corrected chi connectivity index (χ3v) is 10.3. The Balaban J connectivity index is 1.37. The maximum absolute atomic E-state index is 13.2. The molecule has 6 rings (SSSR count). The summed E-state index contributed by atoms with van der Waals surface area (Å²) >= 11 is 0. The summed E-state index contributed by atoms with van der Waals surface area (Å²) in [6, 6.07) is 0. The summed E-state index contributed by atoms with van der Waals surface area (Å²) in [5.74, 6) is -1.32. The molecule has 10 heteroatoms. The molecule has 10 nitrogen and oxygen atoms in total. The summed E-state index contributed by atoms with van der Waals surface area (Å²) in [7, 11) is 0. The zero-order valence-electron chi connectivity index (χ0n) is 24.8. The predicted octanol–water partition coefficient (Wildman–Crippen LogP) is 3.64. The van der Waals surface area contributed by atoms with Crippen LogP contribution in [0.2, 0.25) is 0 Å². The summed E-state index contributed by atoms with van der Waals surface area (Å²) in [5, 5.41) is 0. The highest BCUT2D eigenvalue weighted by Gasteiger charge is 2.83. The maximum atomic E-state index is 13.2. The molecule has 0 radical (unpaired) electrons. The van der Waals surface area contributed by atoms with Crippen LogP contribution in [0.5, 0.6) is 0 Å². The van der Waals surface area contributed by atoms with Crippen molar-refractivity contribution in [3.05, 3.63) is 47.6 Å². The number of allylic oxidation sites excluding steroid dienone is 2. The van der Waals surface area contributed by atoms with Gasteiger partial charge in [0, 0.05) is 42.7 Å². The molecule has 6 aliphatic rings. The topological polar surface area (TPSA) is 119 Å². The van der Waals surface area contributed by atoms with Gasteiger partial charge in [-0.15, -0.1) is 0 Å². The van der Waals surface area contributed by atoms with Crippen LogP contribution in [0.15, 0.2) is 47.6 Å².